The molecule has 0 atom stereocenters. The van der Waals surface area contributed by atoms with E-state index >= 15 is 0 Å². The van der Waals surface area contributed by atoms with E-state index in [9.17, 15) is 4.79 Å². The second-order valence-electron chi connectivity index (χ2n) is 8.93. The number of ether oxygens (including phenoxy) is 2. The van der Waals surface area contributed by atoms with Crippen molar-refractivity contribution in [2.75, 3.05) is 18.5 Å². The Morgan fingerprint density at radius 2 is 1.89 bits per heavy atom. The molecule has 6 rings (SSSR count). The molecule has 3 aromatic heterocycles. The largest absolute Gasteiger partial charge is 0.486 e. The Morgan fingerprint density at radius 3 is 2.69 bits per heavy atom. The number of nitrogens with zero attached hydrogens (tertiary/aromatic N) is 4. The molecule has 1 aliphatic rings. The summed E-state index contributed by atoms with van der Waals surface area (Å²) in [5, 5.41) is 8.20. The highest BCUT2D eigenvalue weighted by Gasteiger charge is 2.20. The molecule has 0 radical (unpaired) electrons. The van der Waals surface area contributed by atoms with E-state index in [0.717, 1.165) is 5.56 Å². The SMILES string of the molecule is CCc1nc2cc(NC(=O)c3cc(-c4ccc5c(c4)OCCO5)nc4c3cnn4C(C)C)ccc2o1. The van der Waals surface area contributed by atoms with Crippen molar-refractivity contribution >= 4 is 33.7 Å². The molecule has 0 unspecified atom stereocenters. The Labute approximate surface area is 207 Å². The lowest BCUT2D eigenvalue weighted by atomic mass is 10.1. The fourth-order valence-electron chi connectivity index (χ4n) is 4.34. The van der Waals surface area contributed by atoms with Gasteiger partial charge in [-0.3, -0.25) is 4.79 Å². The van der Waals surface area contributed by atoms with Crippen molar-refractivity contribution in [1.82, 2.24) is 19.7 Å². The molecule has 1 aliphatic heterocycles. The molecule has 0 fully saturated rings. The number of oxazole rings is 1. The summed E-state index contributed by atoms with van der Waals surface area (Å²) in [6.07, 6.45) is 2.40. The Hall–Kier alpha value is -4.40. The van der Waals surface area contributed by atoms with Crippen LogP contribution >= 0.6 is 0 Å². The molecule has 36 heavy (non-hydrogen) atoms. The average molecular weight is 484 g/mol. The van der Waals surface area contributed by atoms with E-state index in [1.807, 2.05) is 61.9 Å². The van der Waals surface area contributed by atoms with Gasteiger partial charge in [0.25, 0.3) is 5.91 Å². The molecule has 1 amide bonds. The molecule has 4 heterocycles. The summed E-state index contributed by atoms with van der Waals surface area (Å²) in [6, 6.07) is 13.0. The third-order valence-electron chi connectivity index (χ3n) is 6.13. The first-order chi connectivity index (χ1) is 17.5. The smallest absolute Gasteiger partial charge is 0.256 e. The third kappa shape index (κ3) is 3.82. The molecular formula is C27H25N5O4. The fraction of sp³-hybridized carbons (Fsp3) is 0.259. The third-order valence-corrected chi connectivity index (χ3v) is 6.13. The average Bonchev–Trinajstić information content (AvgIpc) is 3.51. The summed E-state index contributed by atoms with van der Waals surface area (Å²) < 4.78 is 18.9. The van der Waals surface area contributed by atoms with Gasteiger partial charge in [0.05, 0.1) is 22.8 Å². The van der Waals surface area contributed by atoms with Crippen molar-refractivity contribution in [2.45, 2.75) is 33.2 Å². The molecule has 0 saturated carbocycles. The molecule has 182 valence electrons. The number of carbonyl (C=O) groups excluding carboxylic acids is 1. The highest BCUT2D eigenvalue weighted by atomic mass is 16.6. The van der Waals surface area contributed by atoms with Crippen molar-refractivity contribution < 1.29 is 18.7 Å². The van der Waals surface area contributed by atoms with Gasteiger partial charge in [-0.1, -0.05) is 6.92 Å². The van der Waals surface area contributed by atoms with Crippen LogP contribution in [0.5, 0.6) is 11.5 Å². The van der Waals surface area contributed by atoms with Crippen LogP contribution in [0.25, 0.3) is 33.4 Å². The summed E-state index contributed by atoms with van der Waals surface area (Å²) in [4.78, 5) is 22.9. The Morgan fingerprint density at radius 1 is 1.06 bits per heavy atom. The Kier molecular flexibility index (Phi) is 5.32. The van der Waals surface area contributed by atoms with Gasteiger partial charge >= 0.3 is 0 Å². The molecule has 0 saturated heterocycles. The Balaban J connectivity index is 1.42. The minimum atomic E-state index is -0.261. The Bertz CT molecular complexity index is 1620. The van der Waals surface area contributed by atoms with Gasteiger partial charge in [-0.2, -0.15) is 5.10 Å². The number of fused-ring (bicyclic) bond motifs is 3. The van der Waals surface area contributed by atoms with E-state index in [0.29, 0.717) is 76.1 Å². The quantitative estimate of drug-likeness (QED) is 0.357. The summed E-state index contributed by atoms with van der Waals surface area (Å²) >= 11 is 0. The van der Waals surface area contributed by atoms with E-state index in [4.69, 9.17) is 18.9 Å². The van der Waals surface area contributed by atoms with Crippen LogP contribution in [0.15, 0.2) is 53.1 Å². The zero-order valence-electron chi connectivity index (χ0n) is 20.2. The van der Waals surface area contributed by atoms with Crippen LogP contribution in [0, 0.1) is 0 Å². The molecule has 2 aromatic carbocycles. The second-order valence-corrected chi connectivity index (χ2v) is 8.93. The van der Waals surface area contributed by atoms with E-state index < -0.39 is 0 Å². The zero-order valence-corrected chi connectivity index (χ0v) is 20.2. The van der Waals surface area contributed by atoms with Crippen LogP contribution in [0.2, 0.25) is 0 Å². The number of pyridine rings is 1. The molecule has 5 aromatic rings. The number of amides is 1. The zero-order chi connectivity index (χ0) is 24.8. The van der Waals surface area contributed by atoms with Crippen molar-refractivity contribution in [3.8, 4) is 22.8 Å². The van der Waals surface area contributed by atoms with Crippen LogP contribution < -0.4 is 14.8 Å². The van der Waals surface area contributed by atoms with E-state index in [1.54, 1.807) is 12.3 Å². The van der Waals surface area contributed by atoms with Gasteiger partial charge in [0.15, 0.2) is 28.6 Å². The van der Waals surface area contributed by atoms with Crippen molar-refractivity contribution in [2.24, 2.45) is 0 Å². The highest BCUT2D eigenvalue weighted by Crippen LogP contribution is 2.35. The predicted molar refractivity (Wildman–Crippen MR) is 136 cm³/mol. The number of hydrogen-bond acceptors (Lipinski definition) is 7. The van der Waals surface area contributed by atoms with Crippen LogP contribution in [-0.4, -0.2) is 38.9 Å². The van der Waals surface area contributed by atoms with E-state index in [1.165, 1.54) is 0 Å². The van der Waals surface area contributed by atoms with E-state index in [2.05, 4.69) is 15.4 Å². The molecule has 9 heteroatoms. The van der Waals surface area contributed by atoms with Crippen molar-refractivity contribution in [3.63, 3.8) is 0 Å². The molecule has 9 nitrogen and oxygen atoms in total. The number of benzene rings is 2. The lowest BCUT2D eigenvalue weighted by Crippen LogP contribution is -2.15. The van der Waals surface area contributed by atoms with Crippen molar-refractivity contribution in [1.29, 1.82) is 0 Å². The molecule has 0 spiro atoms. The van der Waals surface area contributed by atoms with Crippen LogP contribution in [0.4, 0.5) is 5.69 Å². The lowest BCUT2D eigenvalue weighted by molar-refractivity contribution is 0.102. The van der Waals surface area contributed by atoms with Crippen LogP contribution in [-0.2, 0) is 6.42 Å². The monoisotopic (exact) mass is 483 g/mol. The minimum absolute atomic E-state index is 0.0729. The highest BCUT2D eigenvalue weighted by molar-refractivity contribution is 6.13. The van der Waals surface area contributed by atoms with Gasteiger partial charge in [0, 0.05) is 23.7 Å². The topological polar surface area (TPSA) is 104 Å². The van der Waals surface area contributed by atoms with Crippen LogP contribution in [0.1, 0.15) is 43.1 Å². The molecule has 0 aliphatic carbocycles. The lowest BCUT2D eigenvalue weighted by Gasteiger charge is -2.19. The number of anilines is 1. The minimum Gasteiger partial charge on any atom is -0.486 e. The standard InChI is InChI=1S/C27H25N5O4/c1-4-25-30-21-12-17(6-8-22(21)36-25)29-27(33)18-13-20(31-26-19(18)14-28-32(26)15(2)3)16-5-7-23-24(11-16)35-10-9-34-23/h5-8,11-15H,4,9-10H2,1-3H3,(H,29,33). The maximum Gasteiger partial charge on any atom is 0.256 e. The number of aromatic nitrogens is 4. The number of aryl methyl sites for hydroxylation is 1. The summed E-state index contributed by atoms with van der Waals surface area (Å²) in [5.74, 6) is 1.76. The van der Waals surface area contributed by atoms with Gasteiger partial charge in [0.2, 0.25) is 0 Å². The van der Waals surface area contributed by atoms with E-state index in [-0.39, 0.29) is 11.9 Å². The first kappa shape index (κ1) is 22.1. The van der Waals surface area contributed by atoms with Gasteiger partial charge in [-0.15, -0.1) is 0 Å². The molecule has 1 N–H and O–H groups in total. The number of nitrogens with one attached hydrogen (secondary N) is 1. The molecular weight excluding hydrogens is 458 g/mol. The number of rotatable bonds is 5. The summed E-state index contributed by atoms with van der Waals surface area (Å²) in [7, 11) is 0. The van der Waals surface area contributed by atoms with Crippen LogP contribution in [0.3, 0.4) is 0 Å². The number of hydrogen-bond donors (Lipinski definition) is 1. The van der Waals surface area contributed by atoms with Gasteiger partial charge in [0.1, 0.15) is 18.7 Å². The summed E-state index contributed by atoms with van der Waals surface area (Å²) in [6.45, 7) is 7.06. The van der Waals surface area contributed by atoms with Gasteiger partial charge < -0.3 is 19.2 Å². The maximum atomic E-state index is 13.6. The second kappa shape index (κ2) is 8.67. The first-order valence-corrected chi connectivity index (χ1v) is 12.0. The van der Waals surface area contributed by atoms with Gasteiger partial charge in [-0.25, -0.2) is 14.6 Å². The van der Waals surface area contributed by atoms with Gasteiger partial charge in [-0.05, 0) is 56.3 Å². The van der Waals surface area contributed by atoms with Crippen molar-refractivity contribution in [3.05, 3.63) is 60.1 Å². The predicted octanol–water partition coefficient (Wildman–Crippen LogP) is 5.41. The molecule has 0 bridgehead atoms. The first-order valence-electron chi connectivity index (χ1n) is 12.0. The number of carbonyl (C=O) groups is 1. The summed E-state index contributed by atoms with van der Waals surface area (Å²) in [5.41, 5.74) is 4.61. The normalized spacial score (nSPS) is 13.0. The fourth-order valence-corrected chi connectivity index (χ4v) is 4.34. The maximum absolute atomic E-state index is 13.6.